The summed E-state index contributed by atoms with van der Waals surface area (Å²) in [5, 5.41) is 0. The second-order valence-electron chi connectivity index (χ2n) is 5.16. The van der Waals surface area contributed by atoms with Crippen LogP contribution in [0.4, 0.5) is 0 Å². The molecular weight excluding hydrogens is 200 g/mol. The summed E-state index contributed by atoms with van der Waals surface area (Å²) in [4.78, 5) is 4.43. The molecule has 3 heteroatoms. The minimum absolute atomic E-state index is 0.553. The van der Waals surface area contributed by atoms with Gasteiger partial charge in [-0.15, -0.1) is 0 Å². The summed E-state index contributed by atoms with van der Waals surface area (Å²) in [6.45, 7) is 2.41. The molecule has 2 fully saturated rings. The van der Waals surface area contributed by atoms with E-state index >= 15 is 0 Å². The maximum Gasteiger partial charge on any atom is 0.0969 e. The van der Waals surface area contributed by atoms with Gasteiger partial charge >= 0.3 is 0 Å². The van der Waals surface area contributed by atoms with Crippen molar-refractivity contribution in [2.75, 3.05) is 19.8 Å². The van der Waals surface area contributed by atoms with E-state index in [0.29, 0.717) is 5.92 Å². The number of ether oxygens (including phenoxy) is 1. The van der Waals surface area contributed by atoms with Crippen molar-refractivity contribution in [3.05, 3.63) is 0 Å². The average molecular weight is 224 g/mol. The Balaban J connectivity index is 1.57. The first-order valence-corrected chi connectivity index (χ1v) is 6.74. The molecule has 2 N–H and O–H groups in total. The Morgan fingerprint density at radius 3 is 2.56 bits per heavy atom. The molecule has 0 spiro atoms. The topological polar surface area (TPSA) is 47.6 Å². The van der Waals surface area contributed by atoms with Crippen LogP contribution in [0.15, 0.2) is 4.99 Å². The van der Waals surface area contributed by atoms with Crippen molar-refractivity contribution < 1.29 is 4.74 Å². The smallest absolute Gasteiger partial charge is 0.0969 e. The highest BCUT2D eigenvalue weighted by atomic mass is 16.5. The SMILES string of the molecule is NC(=NCCOCC1CC1)C1CCCCC1. The van der Waals surface area contributed by atoms with Crippen LogP contribution in [0, 0.1) is 11.8 Å². The largest absolute Gasteiger partial charge is 0.387 e. The zero-order valence-corrected chi connectivity index (χ0v) is 10.2. The van der Waals surface area contributed by atoms with Gasteiger partial charge in [0.05, 0.1) is 19.0 Å². The van der Waals surface area contributed by atoms with Crippen molar-refractivity contribution in [1.82, 2.24) is 0 Å². The van der Waals surface area contributed by atoms with Crippen LogP contribution in [0.25, 0.3) is 0 Å². The fourth-order valence-corrected chi connectivity index (χ4v) is 2.30. The summed E-state index contributed by atoms with van der Waals surface area (Å²) >= 11 is 0. The fourth-order valence-electron chi connectivity index (χ4n) is 2.30. The number of aliphatic imine (C=N–C) groups is 1. The minimum Gasteiger partial charge on any atom is -0.387 e. The molecule has 0 aromatic carbocycles. The lowest BCUT2D eigenvalue weighted by atomic mass is 9.88. The third-order valence-electron chi connectivity index (χ3n) is 3.60. The molecule has 0 unspecified atom stereocenters. The number of amidine groups is 1. The molecule has 0 amide bonds. The summed E-state index contributed by atoms with van der Waals surface area (Å²) in [6, 6.07) is 0. The molecule has 16 heavy (non-hydrogen) atoms. The van der Waals surface area contributed by atoms with Crippen molar-refractivity contribution in [3.8, 4) is 0 Å². The van der Waals surface area contributed by atoms with Gasteiger partial charge in [-0.25, -0.2) is 0 Å². The van der Waals surface area contributed by atoms with Crippen LogP contribution in [0.5, 0.6) is 0 Å². The van der Waals surface area contributed by atoms with E-state index in [1.54, 1.807) is 0 Å². The van der Waals surface area contributed by atoms with Crippen molar-refractivity contribution in [2.24, 2.45) is 22.6 Å². The molecule has 0 saturated heterocycles. The standard InChI is InChI=1S/C13H24N2O/c14-13(12-4-2-1-3-5-12)15-8-9-16-10-11-6-7-11/h11-12H,1-10H2,(H2,14,15). The van der Waals surface area contributed by atoms with Crippen LogP contribution in [0.3, 0.4) is 0 Å². The van der Waals surface area contributed by atoms with Crippen molar-refractivity contribution in [2.45, 2.75) is 44.9 Å². The first kappa shape index (κ1) is 11.9. The normalized spacial score (nSPS) is 23.6. The molecule has 0 atom stereocenters. The molecule has 0 aromatic rings. The molecule has 2 saturated carbocycles. The Hall–Kier alpha value is -0.570. The van der Waals surface area contributed by atoms with Gasteiger partial charge < -0.3 is 10.5 Å². The quantitative estimate of drug-likeness (QED) is 0.428. The molecular formula is C13H24N2O. The van der Waals surface area contributed by atoms with E-state index in [1.165, 1.54) is 44.9 Å². The highest BCUT2D eigenvalue weighted by Gasteiger charge is 2.21. The average Bonchev–Trinajstić information content (AvgIpc) is 3.13. The molecule has 2 rings (SSSR count). The Morgan fingerprint density at radius 1 is 1.12 bits per heavy atom. The summed E-state index contributed by atoms with van der Waals surface area (Å²) in [7, 11) is 0. The third kappa shape index (κ3) is 4.12. The minimum atomic E-state index is 0.553. The van der Waals surface area contributed by atoms with Gasteiger partial charge in [-0.3, -0.25) is 4.99 Å². The second-order valence-corrected chi connectivity index (χ2v) is 5.16. The van der Waals surface area contributed by atoms with Crippen molar-refractivity contribution in [3.63, 3.8) is 0 Å². The summed E-state index contributed by atoms with van der Waals surface area (Å²) in [6.07, 6.45) is 9.18. The Morgan fingerprint density at radius 2 is 1.88 bits per heavy atom. The number of hydrogen-bond donors (Lipinski definition) is 1. The molecule has 3 nitrogen and oxygen atoms in total. The zero-order valence-electron chi connectivity index (χ0n) is 10.2. The van der Waals surface area contributed by atoms with Crippen LogP contribution >= 0.6 is 0 Å². The molecule has 2 aliphatic carbocycles. The lowest BCUT2D eigenvalue weighted by molar-refractivity contribution is 0.131. The number of nitrogens with two attached hydrogens (primary N) is 1. The lowest BCUT2D eigenvalue weighted by Crippen LogP contribution is -2.26. The monoisotopic (exact) mass is 224 g/mol. The number of rotatable bonds is 6. The maximum atomic E-state index is 6.00. The molecule has 0 aromatic heterocycles. The zero-order chi connectivity index (χ0) is 11.2. The van der Waals surface area contributed by atoms with E-state index < -0.39 is 0 Å². The van der Waals surface area contributed by atoms with Crippen LogP contribution in [0.2, 0.25) is 0 Å². The van der Waals surface area contributed by atoms with Crippen LogP contribution in [-0.4, -0.2) is 25.6 Å². The first-order chi connectivity index (χ1) is 7.86. The summed E-state index contributed by atoms with van der Waals surface area (Å²) < 4.78 is 5.53. The highest BCUT2D eigenvalue weighted by molar-refractivity contribution is 5.82. The summed E-state index contributed by atoms with van der Waals surface area (Å²) in [5.41, 5.74) is 6.00. The van der Waals surface area contributed by atoms with Crippen LogP contribution in [-0.2, 0) is 4.74 Å². The highest BCUT2D eigenvalue weighted by Crippen LogP contribution is 2.28. The van der Waals surface area contributed by atoms with Crippen molar-refractivity contribution in [1.29, 1.82) is 0 Å². The van der Waals surface area contributed by atoms with Gasteiger partial charge in [0.1, 0.15) is 0 Å². The van der Waals surface area contributed by atoms with Gasteiger partial charge in [0.25, 0.3) is 0 Å². The van der Waals surface area contributed by atoms with E-state index in [1.807, 2.05) is 0 Å². The molecule has 0 bridgehead atoms. The molecule has 0 heterocycles. The molecule has 2 aliphatic rings. The van der Waals surface area contributed by atoms with Gasteiger partial charge in [0.2, 0.25) is 0 Å². The van der Waals surface area contributed by atoms with Gasteiger partial charge in [-0.1, -0.05) is 19.3 Å². The van der Waals surface area contributed by atoms with Crippen molar-refractivity contribution >= 4 is 5.84 Å². The van der Waals surface area contributed by atoms with E-state index in [9.17, 15) is 0 Å². The third-order valence-corrected chi connectivity index (χ3v) is 3.60. The Bertz CT molecular complexity index is 230. The Labute approximate surface area is 98.5 Å². The Kier molecular flexibility index (Phi) is 4.64. The second kappa shape index (κ2) is 6.24. The van der Waals surface area contributed by atoms with Gasteiger partial charge in [0, 0.05) is 12.5 Å². The first-order valence-electron chi connectivity index (χ1n) is 6.74. The molecule has 0 radical (unpaired) electrons. The van der Waals surface area contributed by atoms with E-state index in [-0.39, 0.29) is 0 Å². The number of nitrogens with zero attached hydrogens (tertiary/aromatic N) is 1. The van der Waals surface area contributed by atoms with E-state index in [0.717, 1.165) is 31.5 Å². The molecule has 92 valence electrons. The fraction of sp³-hybridized carbons (Fsp3) is 0.923. The van der Waals surface area contributed by atoms with Gasteiger partial charge in [-0.2, -0.15) is 0 Å². The van der Waals surface area contributed by atoms with Gasteiger partial charge in [-0.05, 0) is 31.6 Å². The number of hydrogen-bond acceptors (Lipinski definition) is 2. The predicted molar refractivity (Wildman–Crippen MR) is 66.6 cm³/mol. The maximum absolute atomic E-state index is 6.00. The summed E-state index contributed by atoms with van der Waals surface area (Å²) in [5.74, 6) is 2.27. The van der Waals surface area contributed by atoms with E-state index in [4.69, 9.17) is 10.5 Å². The lowest BCUT2D eigenvalue weighted by Gasteiger charge is -2.20. The van der Waals surface area contributed by atoms with Crippen LogP contribution in [0.1, 0.15) is 44.9 Å². The molecule has 0 aliphatic heterocycles. The van der Waals surface area contributed by atoms with Crippen LogP contribution < -0.4 is 5.73 Å². The van der Waals surface area contributed by atoms with Gasteiger partial charge in [0.15, 0.2) is 0 Å². The predicted octanol–water partition coefficient (Wildman–Crippen LogP) is 2.35. The van der Waals surface area contributed by atoms with E-state index in [2.05, 4.69) is 4.99 Å².